The highest BCUT2D eigenvalue weighted by Gasteiger charge is 2.56. The molecule has 1 aromatic carbocycles. The maximum Gasteiger partial charge on any atom is 0.410 e. The molecule has 3 saturated heterocycles. The van der Waals surface area contributed by atoms with Crippen LogP contribution in [0.3, 0.4) is 0 Å². The quantitative estimate of drug-likeness (QED) is 0.162. The van der Waals surface area contributed by atoms with Gasteiger partial charge >= 0.3 is 25.2 Å². The van der Waals surface area contributed by atoms with Crippen LogP contribution in [0.25, 0.3) is 10.1 Å². The van der Waals surface area contributed by atoms with E-state index < -0.39 is 95.1 Å². The van der Waals surface area contributed by atoms with E-state index in [9.17, 15) is 41.8 Å². The predicted molar refractivity (Wildman–Crippen MR) is 230 cm³/mol. The molecule has 3 fully saturated rings. The second kappa shape index (κ2) is 19.4. The Morgan fingerprint density at radius 3 is 2.00 bits per heavy atom. The summed E-state index contributed by atoms with van der Waals surface area (Å²) in [6.45, 7) is 8.59. The molecular weight excluding hydrogens is 904 g/mol. The number of ether oxygens (including phenoxy) is 2. The molecule has 1 aromatic heterocycles. The van der Waals surface area contributed by atoms with Crippen LogP contribution in [0.15, 0.2) is 24.3 Å². The Labute approximate surface area is 375 Å². The molecule has 0 spiro atoms. The summed E-state index contributed by atoms with van der Waals surface area (Å²) in [5, 5.41) is 2.83. The maximum atomic E-state index is 16.4. The van der Waals surface area contributed by atoms with E-state index in [0.29, 0.717) is 36.8 Å². The fourth-order valence-corrected chi connectivity index (χ4v) is 10.7. The first-order valence-corrected chi connectivity index (χ1v) is 25.0. The Hall–Kier alpha value is -4.08. The Morgan fingerprint density at radius 1 is 0.891 bits per heavy atom. The number of hydrogen-bond donors (Lipinski definition) is 1. The molecule has 3 aliphatic rings. The second-order valence-electron chi connectivity index (χ2n) is 18.4. The van der Waals surface area contributed by atoms with E-state index in [1.807, 2.05) is 0 Å². The number of amides is 4. The minimum Gasteiger partial charge on any atom is -0.438 e. The van der Waals surface area contributed by atoms with Gasteiger partial charge in [0.15, 0.2) is 0 Å². The first kappa shape index (κ1) is 50.9. The molecule has 1 N–H and O–H groups in total. The van der Waals surface area contributed by atoms with Gasteiger partial charge in [0.2, 0.25) is 41.3 Å². The van der Waals surface area contributed by atoms with Crippen LogP contribution in [0.2, 0.25) is 0 Å². The number of piperidine rings is 1. The summed E-state index contributed by atoms with van der Waals surface area (Å²) in [5.74, 6) is -3.65. The average molecular weight is 962 g/mol. The van der Waals surface area contributed by atoms with E-state index >= 15 is 8.78 Å². The number of nitrogens with zero attached hydrogens (tertiary/aromatic N) is 4. The number of rotatable bonds is 13. The van der Waals surface area contributed by atoms with Gasteiger partial charge in [-0.2, -0.15) is 8.78 Å². The lowest BCUT2D eigenvalue weighted by Gasteiger charge is -2.41. The monoisotopic (exact) mass is 961 g/mol. The molecule has 0 aliphatic carbocycles. The Balaban J connectivity index is 1.36. The first-order valence-electron chi connectivity index (χ1n) is 20.8. The van der Waals surface area contributed by atoms with Crippen LogP contribution in [0.1, 0.15) is 95.8 Å². The minimum absolute atomic E-state index is 0.00402. The van der Waals surface area contributed by atoms with Gasteiger partial charge in [0.1, 0.15) is 12.1 Å². The van der Waals surface area contributed by atoms with Crippen LogP contribution in [-0.2, 0) is 62.7 Å². The van der Waals surface area contributed by atoms with Crippen molar-refractivity contribution >= 4 is 74.6 Å². The first-order chi connectivity index (χ1) is 29.5. The van der Waals surface area contributed by atoms with Crippen LogP contribution in [-0.4, -0.2) is 140 Å². The van der Waals surface area contributed by atoms with E-state index in [4.69, 9.17) is 18.5 Å². The number of alkyl halides is 2. The molecule has 3 atom stereocenters. The lowest BCUT2D eigenvalue weighted by molar-refractivity contribution is -0.163. The van der Waals surface area contributed by atoms with Gasteiger partial charge in [-0.05, 0) is 97.2 Å². The molecule has 0 bridgehead atoms. The van der Waals surface area contributed by atoms with Crippen molar-refractivity contribution in [3.63, 3.8) is 0 Å². The molecule has 4 heterocycles. The number of fused-ring (bicyclic) bond motifs is 2. The SMILES string of the molecule is CC(=O)N1CC[C@H]2CC[C@@H](C(=O)N(C)C3CCN(S(C)(=O)=O)CC3)N2C(=O)C(NC(=O)c2cc3cc(C(F)(F)P(=O)(OCOC(=O)C(C)(C)C)OCOC(=O)C(C)(C)C)ccc3s2)C1. The molecule has 23 heteroatoms. The Morgan fingerprint density at radius 2 is 1.47 bits per heavy atom. The summed E-state index contributed by atoms with van der Waals surface area (Å²) in [7, 11) is -7.39. The van der Waals surface area contributed by atoms with Crippen LogP contribution >= 0.6 is 18.9 Å². The van der Waals surface area contributed by atoms with Crippen molar-refractivity contribution < 1.29 is 69.1 Å². The van der Waals surface area contributed by atoms with Crippen molar-refractivity contribution in [2.24, 2.45) is 10.8 Å². The van der Waals surface area contributed by atoms with Crippen LogP contribution in [0.4, 0.5) is 8.78 Å². The third-order valence-corrected chi connectivity index (χ3v) is 15.8. The normalized spacial score (nSPS) is 20.9. The number of likely N-dealkylation sites (N-methyl/N-ethyl adjacent to an activating group) is 1. The van der Waals surface area contributed by atoms with E-state index in [1.165, 1.54) is 74.7 Å². The zero-order valence-electron chi connectivity index (χ0n) is 37.5. The van der Waals surface area contributed by atoms with Crippen molar-refractivity contribution in [1.29, 1.82) is 0 Å². The van der Waals surface area contributed by atoms with Gasteiger partial charge in [0.25, 0.3) is 5.91 Å². The van der Waals surface area contributed by atoms with Gasteiger partial charge in [-0.25, -0.2) is 12.7 Å². The Kier molecular flexibility index (Phi) is 15.4. The molecule has 4 amide bonds. The average Bonchev–Trinajstić information content (AvgIpc) is 3.83. The number of thiophene rings is 1. The number of benzene rings is 1. The number of nitrogens with one attached hydrogen (secondary N) is 1. The zero-order chi connectivity index (χ0) is 47.7. The third kappa shape index (κ3) is 11.5. The lowest BCUT2D eigenvalue weighted by Crippen LogP contribution is -2.61. The van der Waals surface area contributed by atoms with Gasteiger partial charge in [0.05, 0.1) is 22.0 Å². The molecule has 18 nitrogen and oxygen atoms in total. The predicted octanol–water partition coefficient (Wildman–Crippen LogP) is 4.86. The van der Waals surface area contributed by atoms with Crippen LogP contribution in [0.5, 0.6) is 0 Å². The van der Waals surface area contributed by atoms with E-state index in [0.717, 1.165) is 29.7 Å². The molecule has 5 rings (SSSR count). The molecule has 64 heavy (non-hydrogen) atoms. The number of hydrogen-bond acceptors (Lipinski definition) is 14. The largest absolute Gasteiger partial charge is 0.438 e. The molecule has 2 aromatic rings. The van der Waals surface area contributed by atoms with Crippen molar-refractivity contribution in [3.05, 3.63) is 34.7 Å². The van der Waals surface area contributed by atoms with E-state index in [1.54, 1.807) is 11.9 Å². The maximum absolute atomic E-state index is 16.4. The van der Waals surface area contributed by atoms with Crippen LogP contribution in [0, 0.1) is 10.8 Å². The van der Waals surface area contributed by atoms with E-state index in [-0.39, 0.29) is 54.3 Å². The minimum atomic E-state index is -5.64. The number of sulfonamides is 1. The molecule has 0 saturated carbocycles. The van der Waals surface area contributed by atoms with E-state index in [2.05, 4.69) is 5.32 Å². The zero-order valence-corrected chi connectivity index (χ0v) is 40.0. The summed E-state index contributed by atoms with van der Waals surface area (Å²) >= 11 is 0.913. The number of carbonyl (C=O) groups is 6. The van der Waals surface area contributed by atoms with Gasteiger partial charge in [-0.1, -0.05) is 6.07 Å². The van der Waals surface area contributed by atoms with Crippen molar-refractivity contribution in [2.75, 3.05) is 53.1 Å². The molecular formula is C41H58F2N5O13PS2. The topological polar surface area (TPSA) is 216 Å². The van der Waals surface area contributed by atoms with Gasteiger partial charge in [0, 0.05) is 62.5 Å². The summed E-state index contributed by atoms with van der Waals surface area (Å²) in [4.78, 5) is 84.3. The highest BCUT2D eigenvalue weighted by atomic mass is 32.2. The Bertz CT molecular complexity index is 2250. The summed E-state index contributed by atoms with van der Waals surface area (Å²) < 4.78 is 92.2. The van der Waals surface area contributed by atoms with Crippen molar-refractivity contribution in [3.8, 4) is 0 Å². The van der Waals surface area contributed by atoms with Crippen molar-refractivity contribution in [1.82, 2.24) is 24.3 Å². The summed E-state index contributed by atoms with van der Waals surface area (Å²) in [5.41, 5.74) is -7.40. The fourth-order valence-electron chi connectivity index (χ4n) is 7.65. The summed E-state index contributed by atoms with van der Waals surface area (Å²) in [6, 6.07) is 1.65. The number of carbonyl (C=O) groups excluding carboxylic acids is 6. The fraction of sp³-hybridized carbons (Fsp3) is 0.659. The van der Waals surface area contributed by atoms with Crippen LogP contribution < -0.4 is 5.32 Å². The standard InChI is InChI=1S/C41H58F2N5O13PS2/c1-25(49)46-17-14-29-11-12-31(36(52)45(8)28-15-18-47(19-16-28)64(9,56)57)48(29)35(51)30(22-46)44-34(50)33-21-26-20-27(10-13-32(26)63-33)41(42,43)62(55,60-23-58-37(53)39(2,3)4)61-24-59-38(54)40(5,6)7/h10,13,20-21,28-31H,11-12,14-19,22-24H2,1-9H3,(H,44,50)/t29-,30?,31+/m1/s1. The van der Waals surface area contributed by atoms with Crippen molar-refractivity contribution in [2.45, 2.75) is 110 Å². The molecule has 1 unspecified atom stereocenters. The number of halogens is 2. The molecule has 0 radical (unpaired) electrons. The van der Waals surface area contributed by atoms with Gasteiger partial charge in [-0.15, -0.1) is 11.3 Å². The highest BCUT2D eigenvalue weighted by Crippen LogP contribution is 2.67. The summed E-state index contributed by atoms with van der Waals surface area (Å²) in [6.07, 6.45) is 3.21. The molecule has 356 valence electrons. The third-order valence-electron chi connectivity index (χ3n) is 11.5. The number of esters is 2. The van der Waals surface area contributed by atoms with Gasteiger partial charge < -0.3 is 29.5 Å². The highest BCUT2D eigenvalue weighted by molar-refractivity contribution is 7.88. The lowest BCUT2D eigenvalue weighted by atomic mass is 9.98. The smallest absolute Gasteiger partial charge is 0.410 e. The molecule has 3 aliphatic heterocycles. The second-order valence-corrected chi connectivity index (χ2v) is 23.5. The van der Waals surface area contributed by atoms with Gasteiger partial charge in [-0.3, -0.25) is 42.4 Å².